The molecule has 2 fully saturated rings. The first-order chi connectivity index (χ1) is 17.3. The average Bonchev–Trinajstić information content (AvgIpc) is 3.27. The van der Waals surface area contributed by atoms with Crippen LogP contribution >= 0.6 is 0 Å². The summed E-state index contributed by atoms with van der Waals surface area (Å²) >= 11 is 0. The number of halogens is 3. The SMILES string of the molecule is CC(CCN1CCN(C)CC1)n1nc2cc(-c3ccccc3C(F)(F)F)ccc2c1C1CCNCC1. The normalized spacial score (nSPS) is 19.7. The first-order valence-electron chi connectivity index (χ1n) is 13.1. The minimum atomic E-state index is -4.40. The lowest BCUT2D eigenvalue weighted by atomic mass is 9.91. The van der Waals surface area contributed by atoms with E-state index in [-0.39, 0.29) is 11.6 Å². The predicted molar refractivity (Wildman–Crippen MR) is 138 cm³/mol. The number of nitrogens with one attached hydrogen (secondary N) is 1. The van der Waals surface area contributed by atoms with E-state index in [0.29, 0.717) is 11.5 Å². The lowest BCUT2D eigenvalue weighted by molar-refractivity contribution is -0.137. The largest absolute Gasteiger partial charge is 0.417 e. The fourth-order valence-corrected chi connectivity index (χ4v) is 5.68. The molecule has 0 amide bonds. The molecule has 1 unspecified atom stereocenters. The molecule has 194 valence electrons. The molecule has 5 rings (SSSR count). The van der Waals surface area contributed by atoms with Crippen LogP contribution in [-0.2, 0) is 6.18 Å². The van der Waals surface area contributed by atoms with Crippen LogP contribution in [0.5, 0.6) is 0 Å². The molecule has 0 aliphatic carbocycles. The van der Waals surface area contributed by atoms with Gasteiger partial charge in [-0.3, -0.25) is 4.68 Å². The van der Waals surface area contributed by atoms with Gasteiger partial charge in [-0.25, -0.2) is 0 Å². The molecule has 3 aromatic rings. The van der Waals surface area contributed by atoms with Gasteiger partial charge in [-0.2, -0.15) is 18.3 Å². The molecule has 1 N–H and O–H groups in total. The molecular weight excluding hydrogens is 463 g/mol. The van der Waals surface area contributed by atoms with Gasteiger partial charge in [-0.15, -0.1) is 0 Å². The van der Waals surface area contributed by atoms with Crippen LogP contribution in [0.4, 0.5) is 13.2 Å². The Hall–Kier alpha value is -2.42. The van der Waals surface area contributed by atoms with E-state index in [2.05, 4.69) is 33.8 Å². The summed E-state index contributed by atoms with van der Waals surface area (Å²) in [5, 5.41) is 9.55. The molecule has 8 heteroatoms. The van der Waals surface area contributed by atoms with Gasteiger partial charge < -0.3 is 15.1 Å². The number of piperazine rings is 1. The maximum absolute atomic E-state index is 13.7. The summed E-state index contributed by atoms with van der Waals surface area (Å²) in [6, 6.07) is 11.7. The molecular formula is C28H36F3N5. The van der Waals surface area contributed by atoms with Crippen LogP contribution in [0.2, 0.25) is 0 Å². The zero-order valence-electron chi connectivity index (χ0n) is 21.2. The molecule has 2 aliphatic rings. The summed E-state index contributed by atoms with van der Waals surface area (Å²) in [5.41, 5.74) is 2.18. The molecule has 2 aliphatic heterocycles. The summed E-state index contributed by atoms with van der Waals surface area (Å²) in [6.07, 6.45) is -1.31. The number of hydrogen-bond donors (Lipinski definition) is 1. The van der Waals surface area contributed by atoms with Crippen molar-refractivity contribution in [3.63, 3.8) is 0 Å². The van der Waals surface area contributed by atoms with Crippen molar-refractivity contribution in [1.82, 2.24) is 24.9 Å². The Labute approximate surface area is 211 Å². The highest BCUT2D eigenvalue weighted by atomic mass is 19.4. The van der Waals surface area contributed by atoms with Crippen LogP contribution in [0.15, 0.2) is 42.5 Å². The van der Waals surface area contributed by atoms with Crippen molar-refractivity contribution in [2.24, 2.45) is 0 Å². The third-order valence-electron chi connectivity index (χ3n) is 7.88. The quantitative estimate of drug-likeness (QED) is 0.494. The molecule has 1 aromatic heterocycles. The molecule has 2 saturated heterocycles. The Balaban J connectivity index is 1.48. The number of likely N-dealkylation sites (N-methyl/N-ethyl adjacent to an activating group) is 1. The van der Waals surface area contributed by atoms with E-state index in [4.69, 9.17) is 5.10 Å². The fraction of sp³-hybridized carbons (Fsp3) is 0.536. The minimum absolute atomic E-state index is 0.202. The monoisotopic (exact) mass is 499 g/mol. The predicted octanol–water partition coefficient (Wildman–Crippen LogP) is 5.39. The standard InChI is InChI=1S/C28H36F3N5/c1-20(11-14-35-17-15-34(2)16-18-35)36-27(21-9-12-32-13-10-21)24-8-7-22(19-26(24)33-36)23-5-3-4-6-25(23)28(29,30)31/h3-8,19-21,32H,9-18H2,1-2H3. The number of alkyl halides is 3. The Morgan fingerprint density at radius 3 is 2.47 bits per heavy atom. The second-order valence-corrected chi connectivity index (χ2v) is 10.4. The number of benzene rings is 2. The third-order valence-corrected chi connectivity index (χ3v) is 7.88. The number of piperidine rings is 1. The summed E-state index contributed by atoms with van der Waals surface area (Å²) in [7, 11) is 2.17. The smallest absolute Gasteiger partial charge is 0.317 e. The lowest BCUT2D eigenvalue weighted by Crippen LogP contribution is -2.45. The summed E-state index contributed by atoms with van der Waals surface area (Å²) < 4.78 is 43.3. The molecule has 2 aromatic carbocycles. The van der Waals surface area contributed by atoms with Crippen molar-refractivity contribution in [1.29, 1.82) is 0 Å². The van der Waals surface area contributed by atoms with Crippen LogP contribution in [-0.4, -0.2) is 72.4 Å². The molecule has 5 nitrogen and oxygen atoms in total. The molecule has 0 saturated carbocycles. The highest BCUT2D eigenvalue weighted by Gasteiger charge is 2.33. The number of rotatable bonds is 6. The van der Waals surface area contributed by atoms with Gasteiger partial charge in [-0.05, 0) is 69.6 Å². The average molecular weight is 500 g/mol. The summed E-state index contributed by atoms with van der Waals surface area (Å²) in [5.74, 6) is 0.399. The zero-order chi connectivity index (χ0) is 25.3. The topological polar surface area (TPSA) is 36.3 Å². The molecule has 36 heavy (non-hydrogen) atoms. The van der Waals surface area contributed by atoms with Crippen molar-refractivity contribution >= 4 is 10.9 Å². The van der Waals surface area contributed by atoms with Crippen molar-refractivity contribution < 1.29 is 13.2 Å². The Morgan fingerprint density at radius 1 is 1.03 bits per heavy atom. The lowest BCUT2D eigenvalue weighted by Gasteiger charge is -2.33. The molecule has 0 radical (unpaired) electrons. The van der Waals surface area contributed by atoms with Gasteiger partial charge in [0.25, 0.3) is 0 Å². The van der Waals surface area contributed by atoms with Crippen molar-refractivity contribution in [2.45, 2.75) is 44.3 Å². The zero-order valence-corrected chi connectivity index (χ0v) is 21.2. The van der Waals surface area contributed by atoms with E-state index >= 15 is 0 Å². The second kappa shape index (κ2) is 10.5. The van der Waals surface area contributed by atoms with Gasteiger partial charge in [0.1, 0.15) is 0 Å². The van der Waals surface area contributed by atoms with Crippen molar-refractivity contribution in [2.75, 3.05) is 52.9 Å². The number of aromatic nitrogens is 2. The Bertz CT molecular complexity index is 1170. The molecule has 3 heterocycles. The van der Waals surface area contributed by atoms with E-state index < -0.39 is 11.7 Å². The minimum Gasteiger partial charge on any atom is -0.317 e. The molecule has 1 atom stereocenters. The van der Waals surface area contributed by atoms with Gasteiger partial charge in [-0.1, -0.05) is 30.3 Å². The van der Waals surface area contributed by atoms with Gasteiger partial charge in [0.05, 0.1) is 17.1 Å². The maximum atomic E-state index is 13.7. The highest BCUT2D eigenvalue weighted by molar-refractivity contribution is 5.87. The number of hydrogen-bond acceptors (Lipinski definition) is 4. The second-order valence-electron chi connectivity index (χ2n) is 10.4. The van der Waals surface area contributed by atoms with E-state index in [1.165, 1.54) is 11.8 Å². The Kier molecular flexibility index (Phi) is 7.37. The van der Waals surface area contributed by atoms with Gasteiger partial charge in [0.15, 0.2) is 0 Å². The summed E-state index contributed by atoms with van der Waals surface area (Å²) in [4.78, 5) is 4.89. The van der Waals surface area contributed by atoms with E-state index in [1.54, 1.807) is 12.1 Å². The van der Waals surface area contributed by atoms with Crippen LogP contribution < -0.4 is 5.32 Å². The van der Waals surface area contributed by atoms with E-state index in [9.17, 15) is 13.2 Å². The van der Waals surface area contributed by atoms with Crippen LogP contribution in [0.3, 0.4) is 0 Å². The fourth-order valence-electron chi connectivity index (χ4n) is 5.68. The third kappa shape index (κ3) is 5.31. The first kappa shape index (κ1) is 25.2. The maximum Gasteiger partial charge on any atom is 0.417 e. The van der Waals surface area contributed by atoms with Crippen LogP contribution in [0.25, 0.3) is 22.0 Å². The van der Waals surface area contributed by atoms with E-state index in [1.807, 2.05) is 18.2 Å². The molecule has 0 spiro atoms. The van der Waals surface area contributed by atoms with Crippen LogP contribution in [0.1, 0.15) is 49.4 Å². The van der Waals surface area contributed by atoms with Crippen molar-refractivity contribution in [3.05, 3.63) is 53.7 Å². The molecule has 0 bridgehead atoms. The number of nitrogens with zero attached hydrogens (tertiary/aromatic N) is 4. The van der Waals surface area contributed by atoms with Gasteiger partial charge >= 0.3 is 6.18 Å². The van der Waals surface area contributed by atoms with Gasteiger partial charge in [0.2, 0.25) is 0 Å². The van der Waals surface area contributed by atoms with Crippen molar-refractivity contribution in [3.8, 4) is 11.1 Å². The number of fused-ring (bicyclic) bond motifs is 1. The van der Waals surface area contributed by atoms with Gasteiger partial charge in [0, 0.05) is 49.7 Å². The van der Waals surface area contributed by atoms with Crippen LogP contribution in [0, 0.1) is 0 Å². The Morgan fingerprint density at radius 2 is 1.75 bits per heavy atom. The summed E-state index contributed by atoms with van der Waals surface area (Å²) in [6.45, 7) is 9.59. The highest BCUT2D eigenvalue weighted by Crippen LogP contribution is 2.39. The first-order valence-corrected chi connectivity index (χ1v) is 13.1. The van der Waals surface area contributed by atoms with E-state index in [0.717, 1.165) is 82.0 Å².